The second-order valence-electron chi connectivity index (χ2n) is 14.1. The normalized spacial score (nSPS) is 14.2. The first-order valence-corrected chi connectivity index (χ1v) is 17.3. The molecule has 304 valence electrons. The fourth-order valence-corrected chi connectivity index (χ4v) is 4.63. The van der Waals surface area contributed by atoms with E-state index in [4.69, 9.17) is 25.7 Å². The fourth-order valence-electron chi connectivity index (χ4n) is 4.63. The molecule has 0 radical (unpaired) electrons. The van der Waals surface area contributed by atoms with Crippen LogP contribution in [0.3, 0.4) is 0 Å². The lowest BCUT2D eigenvalue weighted by molar-refractivity contribution is -0.384. The number of amides is 5. The largest absolute Gasteiger partial charge is 0.444 e. The van der Waals surface area contributed by atoms with Gasteiger partial charge in [0.2, 0.25) is 0 Å². The number of hydrogen-bond donors (Lipinski definition) is 3. The quantitative estimate of drug-likeness (QED) is 0.253. The molecule has 2 aliphatic rings. The van der Waals surface area contributed by atoms with E-state index in [-0.39, 0.29) is 46.6 Å². The maximum Gasteiger partial charge on any atom is 0.440 e. The molecule has 3 aromatic rings. The Kier molecular flexibility index (Phi) is 15.0. The summed E-state index contributed by atoms with van der Waals surface area (Å²) in [6, 6.07) is 7.22. The molecule has 0 spiro atoms. The first-order chi connectivity index (χ1) is 26.1. The number of carbonyl (C=O) groups excluding carboxylic acids is 6. The van der Waals surface area contributed by atoms with Crippen molar-refractivity contribution in [2.75, 3.05) is 52.4 Å². The number of non-ortho nitro benzene ring substituents is 1. The number of aromatic nitrogens is 4. The Morgan fingerprint density at radius 3 is 1.52 bits per heavy atom. The van der Waals surface area contributed by atoms with E-state index < -0.39 is 28.4 Å². The Balaban J connectivity index is 0.000000234. The molecule has 0 bridgehead atoms. The molecule has 1 aromatic carbocycles. The molecule has 5 N–H and O–H groups in total. The second kappa shape index (κ2) is 19.1. The number of nitrogens with zero attached hydrogens (tertiary/aromatic N) is 8. The van der Waals surface area contributed by atoms with Crippen molar-refractivity contribution in [2.24, 2.45) is 11.5 Å². The molecule has 5 amide bonds. The van der Waals surface area contributed by atoms with Gasteiger partial charge in [0.15, 0.2) is 11.4 Å². The zero-order valence-electron chi connectivity index (χ0n) is 32.0. The molecular weight excluding hydrogens is 738 g/mol. The summed E-state index contributed by atoms with van der Waals surface area (Å²) in [4.78, 5) is 84.0. The molecule has 4 heterocycles. The maximum absolute atomic E-state index is 12.3. The molecule has 2 saturated heterocycles. The molecule has 22 heteroatoms. The van der Waals surface area contributed by atoms with Gasteiger partial charge in [-0.05, 0) is 65.8 Å². The van der Waals surface area contributed by atoms with E-state index in [0.29, 0.717) is 26.2 Å². The van der Waals surface area contributed by atoms with E-state index in [1.54, 1.807) is 35.5 Å². The van der Waals surface area contributed by atoms with Crippen LogP contribution >= 0.6 is 0 Å². The van der Waals surface area contributed by atoms with Gasteiger partial charge in [-0.3, -0.25) is 19.7 Å². The highest BCUT2D eigenvalue weighted by Crippen LogP contribution is 2.18. The number of ether oxygens (including phenoxy) is 3. The molecular formula is C34H47N11O11. The second-order valence-corrected chi connectivity index (χ2v) is 14.1. The van der Waals surface area contributed by atoms with Gasteiger partial charge in [-0.1, -0.05) is 0 Å². The lowest BCUT2D eigenvalue weighted by Gasteiger charge is -2.35. The van der Waals surface area contributed by atoms with Crippen molar-refractivity contribution < 1.29 is 47.9 Å². The van der Waals surface area contributed by atoms with Gasteiger partial charge in [0.25, 0.3) is 17.5 Å². The van der Waals surface area contributed by atoms with Crippen LogP contribution in [0, 0.1) is 10.1 Å². The Morgan fingerprint density at radius 1 is 0.661 bits per heavy atom. The standard InChI is InChI=1S/C14H21N5O4.C11H8N4O5.C9H18N2O2/c1-14(2,3)23-13(22)18-8-6-17(7-9-18)12(21)19-5-4-10(16-19)11(15)20;12-10(16)9-5-6-14(13-9)11(17)20-8-3-1-7(2-4-8)15(18)19;1-9(2,3)13-8(12)11-6-4-10-5-7-11/h4-5H,6-9H2,1-3H3,(H2,15,20);1-6H,(H2,12,16);10H,4-7H2,1-3H3. The average Bonchev–Trinajstić information content (AvgIpc) is 3.83. The highest BCUT2D eigenvalue weighted by molar-refractivity contribution is 5.91. The fraction of sp³-hybridized carbons (Fsp3) is 0.471. The minimum absolute atomic E-state index is 0.0331. The van der Waals surface area contributed by atoms with E-state index in [1.165, 1.54) is 48.8 Å². The van der Waals surface area contributed by atoms with E-state index in [0.717, 1.165) is 35.5 Å². The van der Waals surface area contributed by atoms with Crippen molar-refractivity contribution in [3.8, 4) is 5.75 Å². The van der Waals surface area contributed by atoms with Gasteiger partial charge >= 0.3 is 24.3 Å². The van der Waals surface area contributed by atoms with Gasteiger partial charge < -0.3 is 45.7 Å². The topological polar surface area (TPSA) is 283 Å². The van der Waals surface area contributed by atoms with Crippen LogP contribution in [0.1, 0.15) is 62.5 Å². The summed E-state index contributed by atoms with van der Waals surface area (Å²) in [5, 5.41) is 21.1. The van der Waals surface area contributed by atoms with Gasteiger partial charge in [-0.2, -0.15) is 19.6 Å². The van der Waals surface area contributed by atoms with E-state index >= 15 is 0 Å². The smallest absolute Gasteiger partial charge is 0.440 e. The molecule has 5 rings (SSSR count). The van der Waals surface area contributed by atoms with Crippen LogP contribution in [-0.2, 0) is 9.47 Å². The first-order valence-electron chi connectivity index (χ1n) is 17.3. The maximum atomic E-state index is 12.3. The van der Waals surface area contributed by atoms with Crippen LogP contribution in [0.5, 0.6) is 5.75 Å². The molecule has 0 unspecified atom stereocenters. The molecule has 56 heavy (non-hydrogen) atoms. The number of benzene rings is 1. The van der Waals surface area contributed by atoms with E-state index in [2.05, 4.69) is 15.5 Å². The van der Waals surface area contributed by atoms with Crippen LogP contribution in [0.4, 0.5) is 24.9 Å². The van der Waals surface area contributed by atoms with Crippen molar-refractivity contribution in [3.05, 3.63) is 70.3 Å². The number of nitrogens with one attached hydrogen (secondary N) is 1. The molecule has 0 aliphatic carbocycles. The average molecular weight is 786 g/mol. The highest BCUT2D eigenvalue weighted by atomic mass is 16.6. The van der Waals surface area contributed by atoms with Gasteiger partial charge in [-0.25, -0.2) is 19.2 Å². The number of rotatable bonds is 4. The first kappa shape index (κ1) is 43.8. The van der Waals surface area contributed by atoms with Crippen molar-refractivity contribution in [3.63, 3.8) is 0 Å². The molecule has 0 saturated carbocycles. The molecule has 2 fully saturated rings. The van der Waals surface area contributed by atoms with Crippen LogP contribution in [-0.4, -0.2) is 139 Å². The lowest BCUT2D eigenvalue weighted by atomic mass is 10.2. The molecule has 22 nitrogen and oxygen atoms in total. The van der Waals surface area contributed by atoms with E-state index in [9.17, 15) is 38.9 Å². The zero-order chi connectivity index (χ0) is 41.8. The van der Waals surface area contributed by atoms with Crippen molar-refractivity contribution in [1.82, 2.24) is 39.6 Å². The molecule has 0 atom stereocenters. The molecule has 2 aliphatic heterocycles. The summed E-state index contributed by atoms with van der Waals surface area (Å²) < 4.78 is 17.3. The van der Waals surface area contributed by atoms with Gasteiger partial charge in [0.05, 0.1) is 4.92 Å². The van der Waals surface area contributed by atoms with Gasteiger partial charge in [0.1, 0.15) is 17.0 Å². The van der Waals surface area contributed by atoms with Crippen molar-refractivity contribution >= 4 is 41.8 Å². The minimum atomic E-state index is -0.869. The summed E-state index contributed by atoms with van der Waals surface area (Å²) in [7, 11) is 0. The molecule has 2 aromatic heterocycles. The summed E-state index contributed by atoms with van der Waals surface area (Å²) in [5.41, 5.74) is 9.00. The Morgan fingerprint density at radius 2 is 1.09 bits per heavy atom. The third kappa shape index (κ3) is 14.0. The summed E-state index contributed by atoms with van der Waals surface area (Å²) in [5.74, 6) is -1.35. The van der Waals surface area contributed by atoms with Gasteiger partial charge in [0, 0.05) is 76.9 Å². The number of nitrogens with two attached hydrogens (primary N) is 2. The zero-order valence-corrected chi connectivity index (χ0v) is 32.0. The van der Waals surface area contributed by atoms with Crippen LogP contribution in [0.15, 0.2) is 48.8 Å². The van der Waals surface area contributed by atoms with Crippen LogP contribution in [0.25, 0.3) is 0 Å². The Bertz CT molecular complexity index is 1860. The van der Waals surface area contributed by atoms with Gasteiger partial charge in [-0.15, -0.1) is 0 Å². The van der Waals surface area contributed by atoms with Crippen molar-refractivity contribution in [1.29, 1.82) is 0 Å². The summed E-state index contributed by atoms with van der Waals surface area (Å²) in [6.45, 7) is 15.8. The minimum Gasteiger partial charge on any atom is -0.444 e. The van der Waals surface area contributed by atoms with E-state index in [1.807, 2.05) is 20.8 Å². The predicted octanol–water partition coefficient (Wildman–Crippen LogP) is 2.27. The third-order valence-electron chi connectivity index (χ3n) is 7.29. The number of hydrogen-bond acceptors (Lipinski definition) is 14. The summed E-state index contributed by atoms with van der Waals surface area (Å²) in [6.07, 6.45) is 1.15. The number of piperazine rings is 2. The number of carbonyl (C=O) groups is 6. The van der Waals surface area contributed by atoms with Crippen molar-refractivity contribution in [2.45, 2.75) is 52.7 Å². The predicted molar refractivity (Wildman–Crippen MR) is 197 cm³/mol. The summed E-state index contributed by atoms with van der Waals surface area (Å²) >= 11 is 0. The Hall–Kier alpha value is -6.58. The Labute approximate surface area is 321 Å². The monoisotopic (exact) mass is 785 g/mol. The van der Waals surface area contributed by atoms with Crippen LogP contribution < -0.4 is 21.5 Å². The lowest BCUT2D eigenvalue weighted by Crippen LogP contribution is -2.52. The number of nitro groups is 1. The third-order valence-corrected chi connectivity index (χ3v) is 7.29. The number of nitro benzene ring substituents is 1. The number of primary amides is 2. The highest BCUT2D eigenvalue weighted by Gasteiger charge is 2.29. The SMILES string of the molecule is CC(C)(C)OC(=O)N1CCN(C(=O)n2ccc(C(N)=O)n2)CC1.CC(C)(C)OC(=O)N1CCNCC1.NC(=O)c1ccn(C(=O)Oc2ccc([N+](=O)[O-])cc2)n1. The van der Waals surface area contributed by atoms with Crippen LogP contribution in [0.2, 0.25) is 0 Å².